The Kier molecular flexibility index (Phi) is 4.98. The van der Waals surface area contributed by atoms with Crippen LogP contribution >= 0.6 is 24.0 Å². The van der Waals surface area contributed by atoms with Gasteiger partial charge in [0.15, 0.2) is 0 Å². The maximum atomic E-state index is 12.1. The quantitative estimate of drug-likeness (QED) is 0.618. The van der Waals surface area contributed by atoms with Crippen molar-refractivity contribution >= 4 is 45.9 Å². The summed E-state index contributed by atoms with van der Waals surface area (Å²) in [6.07, 6.45) is 1.64. The molecule has 0 saturated carbocycles. The largest absolute Gasteiger partial charge is 0.478 e. The minimum absolute atomic E-state index is 0.0282. The molecule has 1 heterocycles. The average Bonchev–Trinajstić information content (AvgIpc) is 2.73. The molecule has 0 spiro atoms. The van der Waals surface area contributed by atoms with Crippen molar-refractivity contribution < 1.29 is 14.7 Å². The minimum Gasteiger partial charge on any atom is -0.478 e. The van der Waals surface area contributed by atoms with E-state index in [1.165, 1.54) is 28.8 Å². The van der Waals surface area contributed by atoms with Gasteiger partial charge < -0.3 is 10.4 Å². The molecule has 1 aliphatic rings. The van der Waals surface area contributed by atoms with Gasteiger partial charge in [0.05, 0.1) is 5.56 Å². The zero-order valence-corrected chi connectivity index (χ0v) is 12.7. The Bertz CT molecular complexity index is 586. The second-order valence-corrected chi connectivity index (χ2v) is 6.21. The van der Waals surface area contributed by atoms with E-state index < -0.39 is 5.97 Å². The highest BCUT2D eigenvalue weighted by Crippen LogP contribution is 2.27. The molecule has 1 unspecified atom stereocenters. The zero-order valence-electron chi connectivity index (χ0n) is 11.1. The number of benzene rings is 1. The number of nitrogens with one attached hydrogen (secondary N) is 1. The fourth-order valence-corrected chi connectivity index (χ4v) is 3.31. The van der Waals surface area contributed by atoms with Crippen LogP contribution in [0.3, 0.4) is 0 Å². The van der Waals surface area contributed by atoms with Crippen LogP contribution in [0.4, 0.5) is 5.69 Å². The van der Waals surface area contributed by atoms with Gasteiger partial charge in [0.1, 0.15) is 9.57 Å². The summed E-state index contributed by atoms with van der Waals surface area (Å²) in [5.41, 5.74) is 0.992. The summed E-state index contributed by atoms with van der Waals surface area (Å²) >= 11 is 6.52. The third kappa shape index (κ3) is 3.62. The molecule has 1 saturated heterocycles. The Hall–Kier alpha value is -1.86. The second kappa shape index (κ2) is 6.73. The maximum Gasteiger partial charge on any atom is 0.335 e. The SMILES string of the molecule is C=CCN1C(=O)C(CNc2ccc(C(=O)O)cc2)SC1=S. The summed E-state index contributed by atoms with van der Waals surface area (Å²) in [7, 11) is 0. The molecule has 7 heteroatoms. The number of thiocarbonyl (C=S) groups is 1. The molecule has 2 rings (SSSR count). The topological polar surface area (TPSA) is 69.6 Å². The molecule has 1 aliphatic heterocycles. The molecule has 5 nitrogen and oxygen atoms in total. The van der Waals surface area contributed by atoms with E-state index in [0.717, 1.165) is 5.69 Å². The van der Waals surface area contributed by atoms with Crippen molar-refractivity contribution in [2.45, 2.75) is 5.25 Å². The van der Waals surface area contributed by atoms with Crippen molar-refractivity contribution in [2.24, 2.45) is 0 Å². The molecule has 1 atom stereocenters. The highest BCUT2D eigenvalue weighted by atomic mass is 32.2. The van der Waals surface area contributed by atoms with Gasteiger partial charge in [0.2, 0.25) is 5.91 Å². The second-order valence-electron chi connectivity index (χ2n) is 4.37. The fourth-order valence-electron chi connectivity index (χ4n) is 1.86. The van der Waals surface area contributed by atoms with E-state index in [1.807, 2.05) is 0 Å². The number of hydrogen-bond acceptors (Lipinski definition) is 5. The van der Waals surface area contributed by atoms with Crippen LogP contribution in [-0.4, -0.2) is 44.5 Å². The average molecular weight is 322 g/mol. The van der Waals surface area contributed by atoms with Crippen molar-refractivity contribution in [3.05, 3.63) is 42.5 Å². The number of nitrogens with zero attached hydrogens (tertiary/aromatic N) is 1. The number of carbonyl (C=O) groups excluding carboxylic acids is 1. The van der Waals surface area contributed by atoms with Gasteiger partial charge in [-0.1, -0.05) is 30.1 Å². The van der Waals surface area contributed by atoms with Crippen LogP contribution in [0.25, 0.3) is 0 Å². The molecular weight excluding hydrogens is 308 g/mol. The Labute approximate surface area is 132 Å². The van der Waals surface area contributed by atoms with Crippen LogP contribution in [0.2, 0.25) is 0 Å². The Morgan fingerprint density at radius 3 is 2.71 bits per heavy atom. The third-order valence-corrected chi connectivity index (χ3v) is 4.52. The number of rotatable bonds is 6. The summed E-state index contributed by atoms with van der Waals surface area (Å²) in [6, 6.07) is 6.38. The van der Waals surface area contributed by atoms with Crippen molar-refractivity contribution in [1.29, 1.82) is 0 Å². The first-order valence-electron chi connectivity index (χ1n) is 6.23. The Morgan fingerprint density at radius 2 is 2.14 bits per heavy atom. The molecular formula is C14H14N2O3S2. The first kappa shape index (κ1) is 15.5. The van der Waals surface area contributed by atoms with E-state index in [0.29, 0.717) is 17.4 Å². The lowest BCUT2D eigenvalue weighted by Crippen LogP contribution is -2.34. The normalized spacial score (nSPS) is 17.9. The number of amides is 1. The third-order valence-electron chi connectivity index (χ3n) is 2.94. The zero-order chi connectivity index (χ0) is 15.4. The first-order chi connectivity index (χ1) is 10.0. The molecule has 110 valence electrons. The van der Waals surface area contributed by atoms with Gasteiger partial charge in [0.25, 0.3) is 0 Å². The van der Waals surface area contributed by atoms with Gasteiger partial charge in [-0.25, -0.2) is 4.79 Å². The van der Waals surface area contributed by atoms with Gasteiger partial charge in [-0.05, 0) is 24.3 Å². The number of aromatic carboxylic acids is 1. The van der Waals surface area contributed by atoms with E-state index >= 15 is 0 Å². The van der Waals surface area contributed by atoms with Gasteiger partial charge in [-0.15, -0.1) is 6.58 Å². The van der Waals surface area contributed by atoms with Crippen LogP contribution in [0.5, 0.6) is 0 Å². The minimum atomic E-state index is -0.964. The number of carboxylic acids is 1. The Morgan fingerprint density at radius 1 is 1.48 bits per heavy atom. The summed E-state index contributed by atoms with van der Waals surface area (Å²) in [5.74, 6) is -0.993. The molecule has 0 bridgehead atoms. The molecule has 0 aromatic heterocycles. The van der Waals surface area contributed by atoms with E-state index in [4.69, 9.17) is 17.3 Å². The lowest BCUT2D eigenvalue weighted by Gasteiger charge is -2.13. The summed E-state index contributed by atoms with van der Waals surface area (Å²) in [4.78, 5) is 24.4. The Balaban J connectivity index is 1.94. The van der Waals surface area contributed by atoms with Gasteiger partial charge in [0, 0.05) is 18.8 Å². The van der Waals surface area contributed by atoms with Crippen LogP contribution in [0.1, 0.15) is 10.4 Å². The molecule has 21 heavy (non-hydrogen) atoms. The van der Waals surface area contributed by atoms with Crippen LogP contribution in [0.15, 0.2) is 36.9 Å². The van der Waals surface area contributed by atoms with E-state index in [2.05, 4.69) is 11.9 Å². The van der Waals surface area contributed by atoms with Crippen molar-refractivity contribution in [1.82, 2.24) is 4.90 Å². The fraction of sp³-hybridized carbons (Fsp3) is 0.214. The molecule has 0 aliphatic carbocycles. The van der Waals surface area contributed by atoms with E-state index in [9.17, 15) is 9.59 Å². The van der Waals surface area contributed by atoms with Gasteiger partial charge >= 0.3 is 5.97 Å². The molecule has 1 aromatic carbocycles. The molecule has 1 aromatic rings. The predicted octanol–water partition coefficient (Wildman–Crippen LogP) is 2.21. The lowest BCUT2D eigenvalue weighted by molar-refractivity contribution is -0.125. The smallest absolute Gasteiger partial charge is 0.335 e. The summed E-state index contributed by atoms with van der Waals surface area (Å²) in [5, 5.41) is 11.7. The first-order valence-corrected chi connectivity index (χ1v) is 7.52. The van der Waals surface area contributed by atoms with Crippen molar-refractivity contribution in [3.8, 4) is 0 Å². The van der Waals surface area contributed by atoms with Crippen LogP contribution in [0, 0.1) is 0 Å². The highest BCUT2D eigenvalue weighted by Gasteiger charge is 2.35. The number of carbonyl (C=O) groups is 2. The van der Waals surface area contributed by atoms with Crippen LogP contribution in [-0.2, 0) is 4.79 Å². The molecule has 2 N–H and O–H groups in total. The van der Waals surface area contributed by atoms with Crippen molar-refractivity contribution in [3.63, 3.8) is 0 Å². The van der Waals surface area contributed by atoms with E-state index in [-0.39, 0.29) is 16.7 Å². The monoisotopic (exact) mass is 322 g/mol. The van der Waals surface area contributed by atoms with Gasteiger partial charge in [-0.2, -0.15) is 0 Å². The predicted molar refractivity (Wildman–Crippen MR) is 87.8 cm³/mol. The number of hydrogen-bond donors (Lipinski definition) is 2. The number of thioether (sulfide) groups is 1. The van der Waals surface area contributed by atoms with Crippen molar-refractivity contribution in [2.75, 3.05) is 18.4 Å². The number of carboxylic acid groups (broad SMARTS) is 1. The molecule has 1 fully saturated rings. The molecule has 0 radical (unpaired) electrons. The lowest BCUT2D eigenvalue weighted by atomic mass is 10.2. The van der Waals surface area contributed by atoms with Crippen LogP contribution < -0.4 is 5.32 Å². The summed E-state index contributed by atoms with van der Waals surface area (Å²) in [6.45, 7) is 4.47. The highest BCUT2D eigenvalue weighted by molar-refractivity contribution is 8.24. The maximum absolute atomic E-state index is 12.1. The standard InChI is InChI=1S/C14H14N2O3S2/c1-2-7-16-12(17)11(21-14(16)20)8-15-10-5-3-9(4-6-10)13(18)19/h2-6,11,15H,1,7-8H2,(H,18,19). The number of anilines is 1. The molecule has 1 amide bonds. The van der Waals surface area contributed by atoms with E-state index in [1.54, 1.807) is 18.2 Å². The summed E-state index contributed by atoms with van der Waals surface area (Å²) < 4.78 is 0.563. The van der Waals surface area contributed by atoms with Gasteiger partial charge in [-0.3, -0.25) is 9.69 Å².